The van der Waals surface area contributed by atoms with Crippen molar-refractivity contribution >= 4 is 22.4 Å². The largest absolute Gasteiger partial charge is 0.361 e. The molecule has 5 rings (SSSR count). The highest BCUT2D eigenvalue weighted by molar-refractivity contribution is 5.79. The molecule has 1 atom stereocenters. The van der Waals surface area contributed by atoms with Crippen LogP contribution in [0.25, 0.3) is 10.9 Å². The monoisotopic (exact) mass is 409 g/mol. The van der Waals surface area contributed by atoms with E-state index in [0.717, 1.165) is 30.9 Å². The number of likely N-dealkylation sites (tertiary alicyclic amines) is 1. The summed E-state index contributed by atoms with van der Waals surface area (Å²) in [4.78, 5) is 19.1. The Kier molecular flexibility index (Phi) is 5.29. The smallest absolute Gasteiger partial charge is 0.148 e. The Morgan fingerprint density at radius 1 is 1.06 bits per heavy atom. The standard InChI is InChI=1S/C24H23N7/c25-12-19-5-6-20(13-27-19)30-24-15-28-22(14-29-24)23-3-1-2-10-31(23)16-17-4-7-21-18(11-17)8-9-26-21/h4-9,11,13-15,23,26H,1-3,10,16H2,(H,29,30)/t23-/m1/s1. The fourth-order valence-electron chi connectivity index (χ4n) is 4.21. The van der Waals surface area contributed by atoms with Crippen LogP contribution in [0.5, 0.6) is 0 Å². The summed E-state index contributed by atoms with van der Waals surface area (Å²) in [6, 6.07) is 14.5. The minimum atomic E-state index is 0.272. The first-order chi connectivity index (χ1) is 15.3. The van der Waals surface area contributed by atoms with Gasteiger partial charge in [0.25, 0.3) is 0 Å². The molecular formula is C24H23N7. The molecule has 7 heteroatoms. The summed E-state index contributed by atoms with van der Waals surface area (Å²) in [6.45, 7) is 1.97. The van der Waals surface area contributed by atoms with Gasteiger partial charge in [0.15, 0.2) is 0 Å². The van der Waals surface area contributed by atoms with Gasteiger partial charge in [0.05, 0.1) is 36.0 Å². The molecule has 0 aliphatic carbocycles. The number of hydrogen-bond acceptors (Lipinski definition) is 6. The Morgan fingerprint density at radius 2 is 2.03 bits per heavy atom. The predicted molar refractivity (Wildman–Crippen MR) is 120 cm³/mol. The fraction of sp³-hybridized carbons (Fsp3) is 0.250. The molecule has 1 fully saturated rings. The summed E-state index contributed by atoms with van der Waals surface area (Å²) in [5, 5.41) is 13.3. The average Bonchev–Trinajstić information content (AvgIpc) is 3.29. The van der Waals surface area contributed by atoms with E-state index < -0.39 is 0 Å². The first kappa shape index (κ1) is 19.2. The molecule has 154 valence electrons. The van der Waals surface area contributed by atoms with Crippen molar-refractivity contribution in [2.24, 2.45) is 0 Å². The molecule has 1 aliphatic heterocycles. The lowest BCUT2D eigenvalue weighted by Gasteiger charge is -2.35. The van der Waals surface area contributed by atoms with E-state index in [1.807, 2.05) is 24.5 Å². The number of nitrogens with zero attached hydrogens (tertiary/aromatic N) is 5. The van der Waals surface area contributed by atoms with Gasteiger partial charge in [-0.3, -0.25) is 9.88 Å². The number of nitriles is 1. The number of fused-ring (bicyclic) bond motifs is 1. The maximum absolute atomic E-state index is 8.86. The molecule has 3 aromatic heterocycles. The average molecular weight is 409 g/mol. The molecule has 1 aromatic carbocycles. The maximum Gasteiger partial charge on any atom is 0.148 e. The Balaban J connectivity index is 1.30. The number of hydrogen-bond donors (Lipinski definition) is 2. The van der Waals surface area contributed by atoms with Gasteiger partial charge < -0.3 is 10.3 Å². The van der Waals surface area contributed by atoms with Gasteiger partial charge in [0.2, 0.25) is 0 Å². The topological polar surface area (TPSA) is 93.5 Å². The molecule has 0 spiro atoms. The molecule has 1 saturated heterocycles. The zero-order chi connectivity index (χ0) is 21.0. The highest BCUT2D eigenvalue weighted by Gasteiger charge is 2.25. The Morgan fingerprint density at radius 3 is 2.84 bits per heavy atom. The lowest BCUT2D eigenvalue weighted by molar-refractivity contribution is 0.137. The van der Waals surface area contributed by atoms with Crippen molar-refractivity contribution in [3.8, 4) is 6.07 Å². The fourth-order valence-corrected chi connectivity index (χ4v) is 4.21. The quantitative estimate of drug-likeness (QED) is 0.496. The molecule has 0 radical (unpaired) electrons. The molecule has 4 heterocycles. The van der Waals surface area contributed by atoms with Crippen molar-refractivity contribution in [2.75, 3.05) is 11.9 Å². The zero-order valence-corrected chi connectivity index (χ0v) is 17.1. The van der Waals surface area contributed by atoms with E-state index in [1.54, 1.807) is 18.5 Å². The van der Waals surface area contributed by atoms with E-state index in [-0.39, 0.29) is 6.04 Å². The van der Waals surface area contributed by atoms with Crippen LogP contribution in [0.1, 0.15) is 42.3 Å². The van der Waals surface area contributed by atoms with Crippen LogP contribution < -0.4 is 5.32 Å². The van der Waals surface area contributed by atoms with Gasteiger partial charge >= 0.3 is 0 Å². The molecule has 1 aliphatic rings. The number of pyridine rings is 1. The highest BCUT2D eigenvalue weighted by Crippen LogP contribution is 2.31. The van der Waals surface area contributed by atoms with Crippen molar-refractivity contribution < 1.29 is 0 Å². The minimum absolute atomic E-state index is 0.272. The Bertz CT molecular complexity index is 1210. The van der Waals surface area contributed by atoms with Crippen LogP contribution in [0.4, 0.5) is 11.5 Å². The van der Waals surface area contributed by atoms with E-state index in [1.165, 1.54) is 29.3 Å². The molecule has 4 aromatic rings. The summed E-state index contributed by atoms with van der Waals surface area (Å²) >= 11 is 0. The molecule has 0 amide bonds. The number of anilines is 2. The SMILES string of the molecule is N#Cc1ccc(Nc2cnc([C@H]3CCCCN3Cc3ccc4[nH]ccc4c3)cn2)cn1. The highest BCUT2D eigenvalue weighted by atomic mass is 15.2. The van der Waals surface area contributed by atoms with Crippen LogP contribution in [-0.4, -0.2) is 31.4 Å². The van der Waals surface area contributed by atoms with E-state index in [2.05, 4.69) is 49.4 Å². The molecule has 7 nitrogen and oxygen atoms in total. The molecule has 0 unspecified atom stereocenters. The normalized spacial score (nSPS) is 16.8. The van der Waals surface area contributed by atoms with Gasteiger partial charge in [-0.15, -0.1) is 0 Å². The van der Waals surface area contributed by atoms with E-state index in [0.29, 0.717) is 11.5 Å². The predicted octanol–water partition coefficient (Wildman–Crippen LogP) is 4.70. The number of aromatic nitrogens is 4. The number of nitrogens with one attached hydrogen (secondary N) is 2. The van der Waals surface area contributed by atoms with Crippen LogP contribution in [0.3, 0.4) is 0 Å². The second kappa shape index (κ2) is 8.54. The second-order valence-electron chi connectivity index (χ2n) is 7.88. The van der Waals surface area contributed by atoms with Crippen molar-refractivity contribution in [1.29, 1.82) is 5.26 Å². The van der Waals surface area contributed by atoms with Crippen LogP contribution in [-0.2, 0) is 6.54 Å². The van der Waals surface area contributed by atoms with Gasteiger partial charge in [-0.05, 0) is 60.7 Å². The summed E-state index contributed by atoms with van der Waals surface area (Å²) in [7, 11) is 0. The van der Waals surface area contributed by atoms with Crippen LogP contribution in [0.15, 0.2) is 61.2 Å². The molecule has 2 N–H and O–H groups in total. The van der Waals surface area contributed by atoms with Gasteiger partial charge in [-0.25, -0.2) is 9.97 Å². The number of H-pyrrole nitrogens is 1. The lowest BCUT2D eigenvalue weighted by atomic mass is 9.98. The molecular weight excluding hydrogens is 386 g/mol. The van der Waals surface area contributed by atoms with Crippen molar-refractivity contribution in [3.63, 3.8) is 0 Å². The van der Waals surface area contributed by atoms with E-state index in [4.69, 9.17) is 10.2 Å². The summed E-state index contributed by atoms with van der Waals surface area (Å²) in [6.07, 6.45) is 10.8. The third-order valence-corrected chi connectivity index (χ3v) is 5.78. The second-order valence-corrected chi connectivity index (χ2v) is 7.88. The molecule has 0 saturated carbocycles. The van der Waals surface area contributed by atoms with Crippen LogP contribution in [0, 0.1) is 11.3 Å². The lowest BCUT2D eigenvalue weighted by Crippen LogP contribution is -2.33. The third-order valence-electron chi connectivity index (χ3n) is 5.78. The summed E-state index contributed by atoms with van der Waals surface area (Å²) < 4.78 is 0. The van der Waals surface area contributed by atoms with Crippen LogP contribution in [0.2, 0.25) is 0 Å². The first-order valence-electron chi connectivity index (χ1n) is 10.5. The molecule has 31 heavy (non-hydrogen) atoms. The number of piperidine rings is 1. The summed E-state index contributed by atoms with van der Waals surface area (Å²) in [5.41, 5.74) is 4.66. The van der Waals surface area contributed by atoms with Gasteiger partial charge in [0, 0.05) is 18.3 Å². The van der Waals surface area contributed by atoms with Crippen molar-refractivity contribution in [3.05, 3.63) is 78.1 Å². The van der Waals surface area contributed by atoms with Gasteiger partial charge in [-0.1, -0.05) is 12.5 Å². The van der Waals surface area contributed by atoms with E-state index >= 15 is 0 Å². The minimum Gasteiger partial charge on any atom is -0.361 e. The van der Waals surface area contributed by atoms with Crippen LogP contribution >= 0.6 is 0 Å². The molecule has 0 bridgehead atoms. The van der Waals surface area contributed by atoms with Crippen molar-refractivity contribution in [2.45, 2.75) is 31.8 Å². The number of rotatable bonds is 5. The third kappa shape index (κ3) is 4.25. The van der Waals surface area contributed by atoms with Crippen molar-refractivity contribution in [1.82, 2.24) is 24.8 Å². The Labute approximate surface area is 180 Å². The van der Waals surface area contributed by atoms with Gasteiger partial charge in [-0.2, -0.15) is 5.26 Å². The maximum atomic E-state index is 8.86. The Hall–Kier alpha value is -3.76. The first-order valence-corrected chi connectivity index (χ1v) is 10.5. The summed E-state index contributed by atoms with van der Waals surface area (Å²) in [5.74, 6) is 0.663. The number of aromatic amines is 1. The van der Waals surface area contributed by atoms with E-state index in [9.17, 15) is 0 Å². The van der Waals surface area contributed by atoms with Gasteiger partial charge in [0.1, 0.15) is 17.6 Å². The number of benzene rings is 1. The zero-order valence-electron chi connectivity index (χ0n) is 17.1.